The van der Waals surface area contributed by atoms with Crippen LogP contribution in [0.3, 0.4) is 0 Å². The number of benzene rings is 1. The number of esters is 1. The number of anilines is 1. The summed E-state index contributed by atoms with van der Waals surface area (Å²) >= 11 is 0. The molecular formula is C23H27N3O7S. The first-order valence-electron chi connectivity index (χ1n) is 10.9. The van der Waals surface area contributed by atoms with Crippen molar-refractivity contribution in [3.8, 4) is 0 Å². The van der Waals surface area contributed by atoms with E-state index in [0.717, 1.165) is 4.31 Å². The van der Waals surface area contributed by atoms with Crippen molar-refractivity contribution in [2.24, 2.45) is 5.92 Å². The number of ether oxygens (including phenoxy) is 1. The first-order valence-corrected chi connectivity index (χ1v) is 12.4. The summed E-state index contributed by atoms with van der Waals surface area (Å²) in [6.45, 7) is 3.74. The molecule has 1 fully saturated rings. The molecule has 0 N–H and O–H groups in total. The zero-order chi connectivity index (χ0) is 24.8. The van der Waals surface area contributed by atoms with Gasteiger partial charge in [-0.25, -0.2) is 17.5 Å². The number of carbonyl (C=O) groups excluding carboxylic acids is 3. The lowest BCUT2D eigenvalue weighted by Gasteiger charge is -2.48. The van der Waals surface area contributed by atoms with Crippen molar-refractivity contribution in [2.45, 2.75) is 44.1 Å². The molecule has 1 unspecified atom stereocenters. The molecule has 0 bridgehead atoms. The number of fused-ring (bicyclic) bond motifs is 3. The van der Waals surface area contributed by atoms with Crippen molar-refractivity contribution in [3.05, 3.63) is 47.7 Å². The number of hydrogen-bond donors (Lipinski definition) is 0. The second-order valence-corrected chi connectivity index (χ2v) is 11.0. The average molecular weight is 490 g/mol. The minimum absolute atomic E-state index is 0.0281. The molecule has 1 aromatic heterocycles. The van der Waals surface area contributed by atoms with Crippen LogP contribution in [0.2, 0.25) is 0 Å². The largest absolute Gasteiger partial charge is 0.454 e. The van der Waals surface area contributed by atoms with Crippen LogP contribution in [0.15, 0.2) is 45.9 Å². The highest BCUT2D eigenvalue weighted by molar-refractivity contribution is 7.88. The Kier molecular flexibility index (Phi) is 6.03. The van der Waals surface area contributed by atoms with Crippen LogP contribution in [0.5, 0.6) is 0 Å². The normalized spacial score (nSPS) is 20.2. The number of rotatable bonds is 7. The summed E-state index contributed by atoms with van der Waals surface area (Å²) in [6, 6.07) is 9.41. The third-order valence-electron chi connectivity index (χ3n) is 5.97. The lowest BCUT2D eigenvalue weighted by molar-refractivity contribution is -0.159. The Bertz CT molecular complexity index is 1250. The molecule has 11 heteroatoms. The lowest BCUT2D eigenvalue weighted by Crippen LogP contribution is -2.69. The van der Waals surface area contributed by atoms with E-state index >= 15 is 0 Å². The molecule has 0 spiro atoms. The van der Waals surface area contributed by atoms with Crippen molar-refractivity contribution in [3.63, 3.8) is 0 Å². The maximum absolute atomic E-state index is 13.6. The molecule has 0 radical (unpaired) electrons. The number of carbonyl (C=O) groups is 3. The van der Waals surface area contributed by atoms with Crippen molar-refractivity contribution in [2.75, 3.05) is 25.5 Å². The standard InChI is InChI=1S/C23H27N3O7S/c1-15(2)13-25-21(28)17-7-5-6-8-18(17)26-19(27)11-12-23(25,26)22(29)32-14-16-9-10-20(33-16)34(30,31)24(3)4/h5-10,15H,11-14H2,1-4H3. The predicted octanol–water partition coefficient (Wildman–Crippen LogP) is 2.21. The average Bonchev–Trinajstić information content (AvgIpc) is 3.40. The van der Waals surface area contributed by atoms with Gasteiger partial charge in [-0.3, -0.25) is 14.5 Å². The SMILES string of the molecule is CC(C)CN1C(=O)c2ccccc2N2C(=O)CCC12C(=O)OCc1ccc(S(=O)(=O)N(C)C)o1. The van der Waals surface area contributed by atoms with Crippen LogP contribution >= 0.6 is 0 Å². The molecule has 1 aromatic carbocycles. The van der Waals surface area contributed by atoms with Gasteiger partial charge in [0, 0.05) is 33.5 Å². The third kappa shape index (κ3) is 3.68. The smallest absolute Gasteiger partial charge is 0.354 e. The molecule has 2 aliphatic rings. The fraction of sp³-hybridized carbons (Fsp3) is 0.435. The number of amides is 2. The molecule has 0 saturated carbocycles. The van der Waals surface area contributed by atoms with E-state index < -0.39 is 21.7 Å². The number of sulfonamides is 1. The van der Waals surface area contributed by atoms with Gasteiger partial charge in [-0.1, -0.05) is 26.0 Å². The van der Waals surface area contributed by atoms with Gasteiger partial charge in [0.2, 0.25) is 16.7 Å². The summed E-state index contributed by atoms with van der Waals surface area (Å²) < 4.78 is 36.4. The molecule has 1 saturated heterocycles. The molecule has 3 heterocycles. The Morgan fingerprint density at radius 1 is 1.18 bits per heavy atom. The van der Waals surface area contributed by atoms with Gasteiger partial charge >= 0.3 is 5.97 Å². The highest BCUT2D eigenvalue weighted by atomic mass is 32.2. The summed E-state index contributed by atoms with van der Waals surface area (Å²) in [5, 5.41) is -0.275. The molecule has 34 heavy (non-hydrogen) atoms. The Labute approximate surface area is 198 Å². The van der Waals surface area contributed by atoms with Crippen molar-refractivity contribution >= 4 is 33.5 Å². The molecule has 182 valence electrons. The fourth-order valence-electron chi connectivity index (χ4n) is 4.37. The van der Waals surface area contributed by atoms with E-state index in [1.54, 1.807) is 24.3 Å². The van der Waals surface area contributed by atoms with E-state index in [1.807, 2.05) is 13.8 Å². The Morgan fingerprint density at radius 3 is 2.56 bits per heavy atom. The molecule has 0 aliphatic carbocycles. The predicted molar refractivity (Wildman–Crippen MR) is 121 cm³/mol. The Hall–Kier alpha value is -3.18. The number of nitrogens with zero attached hydrogens (tertiary/aromatic N) is 3. The monoisotopic (exact) mass is 489 g/mol. The van der Waals surface area contributed by atoms with E-state index in [-0.39, 0.29) is 54.6 Å². The second-order valence-electron chi connectivity index (χ2n) is 8.96. The highest BCUT2D eigenvalue weighted by Crippen LogP contribution is 2.45. The maximum atomic E-state index is 13.6. The molecule has 2 aliphatic heterocycles. The maximum Gasteiger partial charge on any atom is 0.354 e. The molecule has 2 aromatic rings. The summed E-state index contributed by atoms with van der Waals surface area (Å²) in [6.07, 6.45) is 0.174. The first kappa shape index (κ1) is 24.0. The van der Waals surface area contributed by atoms with Gasteiger partial charge in [0.25, 0.3) is 15.9 Å². The minimum Gasteiger partial charge on any atom is -0.454 e. The molecular weight excluding hydrogens is 462 g/mol. The van der Waals surface area contributed by atoms with Crippen LogP contribution < -0.4 is 4.90 Å². The fourth-order valence-corrected chi connectivity index (χ4v) is 5.18. The molecule has 10 nitrogen and oxygen atoms in total. The van der Waals surface area contributed by atoms with Crippen LogP contribution in [0, 0.1) is 5.92 Å². The van der Waals surface area contributed by atoms with E-state index in [0.29, 0.717) is 11.3 Å². The van der Waals surface area contributed by atoms with Gasteiger partial charge in [0.05, 0.1) is 11.3 Å². The van der Waals surface area contributed by atoms with Crippen molar-refractivity contribution in [1.29, 1.82) is 0 Å². The summed E-state index contributed by atoms with van der Waals surface area (Å²) in [4.78, 5) is 42.8. The van der Waals surface area contributed by atoms with E-state index in [9.17, 15) is 22.8 Å². The second kappa shape index (κ2) is 8.55. The number of para-hydroxylation sites is 1. The van der Waals surface area contributed by atoms with Gasteiger partial charge in [-0.2, -0.15) is 0 Å². The zero-order valence-electron chi connectivity index (χ0n) is 19.5. The highest BCUT2D eigenvalue weighted by Gasteiger charge is 2.62. The van der Waals surface area contributed by atoms with E-state index in [2.05, 4.69) is 0 Å². The van der Waals surface area contributed by atoms with Crippen molar-refractivity contribution in [1.82, 2.24) is 9.21 Å². The minimum atomic E-state index is -3.78. The van der Waals surface area contributed by atoms with Crippen LogP contribution in [0.1, 0.15) is 42.8 Å². The van der Waals surface area contributed by atoms with Crippen LogP contribution in [-0.4, -0.2) is 61.7 Å². The van der Waals surface area contributed by atoms with E-state index in [4.69, 9.17) is 9.15 Å². The van der Waals surface area contributed by atoms with Gasteiger partial charge in [0.15, 0.2) is 0 Å². The van der Waals surface area contributed by atoms with Crippen LogP contribution in [-0.2, 0) is 31.0 Å². The third-order valence-corrected chi connectivity index (χ3v) is 7.66. The first-order chi connectivity index (χ1) is 16.0. The lowest BCUT2D eigenvalue weighted by atomic mass is 9.95. The number of furan rings is 1. The zero-order valence-corrected chi connectivity index (χ0v) is 20.3. The Morgan fingerprint density at radius 2 is 1.88 bits per heavy atom. The van der Waals surface area contributed by atoms with Gasteiger partial charge in [-0.15, -0.1) is 0 Å². The topological polar surface area (TPSA) is 117 Å². The quantitative estimate of drug-likeness (QED) is 0.547. The van der Waals surface area contributed by atoms with E-state index in [1.165, 1.54) is 36.0 Å². The van der Waals surface area contributed by atoms with Crippen LogP contribution in [0.25, 0.3) is 0 Å². The summed E-state index contributed by atoms with van der Waals surface area (Å²) in [7, 11) is -1.02. The van der Waals surface area contributed by atoms with Crippen LogP contribution in [0.4, 0.5) is 5.69 Å². The number of hydrogen-bond acceptors (Lipinski definition) is 7. The molecule has 4 rings (SSSR count). The molecule has 1 atom stereocenters. The van der Waals surface area contributed by atoms with Gasteiger partial charge in [-0.05, 0) is 30.2 Å². The van der Waals surface area contributed by atoms with Crippen molar-refractivity contribution < 1.29 is 32.0 Å². The van der Waals surface area contributed by atoms with Gasteiger partial charge in [0.1, 0.15) is 12.4 Å². The Balaban J connectivity index is 1.68. The molecule has 2 amide bonds. The van der Waals surface area contributed by atoms with Gasteiger partial charge < -0.3 is 14.1 Å². The summed E-state index contributed by atoms with van der Waals surface area (Å²) in [5.74, 6) is -1.23. The summed E-state index contributed by atoms with van der Waals surface area (Å²) in [5.41, 5.74) is -0.881.